The van der Waals surface area contributed by atoms with Crippen LogP contribution in [0.2, 0.25) is 0 Å². The molecule has 4 heteroatoms. The van der Waals surface area contributed by atoms with Crippen LogP contribution >= 0.6 is 15.9 Å². The Morgan fingerprint density at radius 3 is 2.53 bits per heavy atom. The Bertz CT molecular complexity index is 537. The molecule has 0 aliphatic heterocycles. The van der Waals surface area contributed by atoms with Crippen LogP contribution in [0, 0.1) is 0 Å². The fourth-order valence-corrected chi connectivity index (χ4v) is 1.89. The lowest BCUT2D eigenvalue weighted by Crippen LogP contribution is -2.28. The average molecular weight is 294 g/mol. The van der Waals surface area contributed by atoms with E-state index in [1.165, 1.54) is 10.8 Å². The Hall–Kier alpha value is -1.55. The van der Waals surface area contributed by atoms with Crippen LogP contribution < -0.4 is 10.4 Å². The Morgan fingerprint density at radius 1 is 1.06 bits per heavy atom. The van der Waals surface area contributed by atoms with E-state index in [0.717, 1.165) is 11.3 Å². The third-order valence-corrected chi connectivity index (χ3v) is 2.90. The molecule has 0 N–H and O–H groups in total. The summed E-state index contributed by atoms with van der Waals surface area (Å²) in [5.74, 6) is 0. The van der Waals surface area contributed by atoms with E-state index < -0.39 is 0 Å². The predicted octanol–water partition coefficient (Wildman–Crippen LogP) is 2.37. The molecule has 0 saturated heterocycles. The van der Waals surface area contributed by atoms with Gasteiger partial charge in [0.05, 0.1) is 5.69 Å². The van der Waals surface area contributed by atoms with Gasteiger partial charge in [-0.15, -0.1) is 4.73 Å². The molecule has 0 spiro atoms. The maximum Gasteiger partial charge on any atom is 0.283 e. The van der Waals surface area contributed by atoms with Crippen molar-refractivity contribution in [2.75, 3.05) is 0 Å². The van der Waals surface area contributed by atoms with Crippen molar-refractivity contribution in [1.82, 2.24) is 4.73 Å². The largest absolute Gasteiger partial charge is 0.406 e. The molecule has 0 bridgehead atoms. The molecule has 0 unspecified atom stereocenters. The van der Waals surface area contributed by atoms with Gasteiger partial charge in [-0.25, -0.2) is 0 Å². The van der Waals surface area contributed by atoms with Crippen LogP contribution in [0.25, 0.3) is 0 Å². The first-order valence-corrected chi connectivity index (χ1v) is 6.37. The highest BCUT2D eigenvalue weighted by molar-refractivity contribution is 9.08. The lowest BCUT2D eigenvalue weighted by atomic mass is 10.2. The first-order valence-electron chi connectivity index (χ1n) is 5.25. The highest BCUT2D eigenvalue weighted by Crippen LogP contribution is 2.03. The van der Waals surface area contributed by atoms with E-state index in [1.807, 2.05) is 36.4 Å². The van der Waals surface area contributed by atoms with Gasteiger partial charge >= 0.3 is 0 Å². The molecule has 1 heterocycles. The van der Waals surface area contributed by atoms with Crippen molar-refractivity contribution >= 4 is 15.9 Å². The third kappa shape index (κ3) is 2.97. The number of hydrogen-bond acceptors (Lipinski definition) is 2. The van der Waals surface area contributed by atoms with Crippen molar-refractivity contribution in [2.24, 2.45) is 0 Å². The van der Waals surface area contributed by atoms with E-state index >= 15 is 0 Å². The van der Waals surface area contributed by atoms with Crippen molar-refractivity contribution < 1.29 is 4.84 Å². The molecule has 2 aromatic rings. The molecular formula is C13H12BrNO2. The monoisotopic (exact) mass is 293 g/mol. The normalized spacial score (nSPS) is 10.2. The minimum absolute atomic E-state index is 0.155. The van der Waals surface area contributed by atoms with E-state index in [1.54, 1.807) is 6.07 Å². The summed E-state index contributed by atoms with van der Waals surface area (Å²) in [6.07, 6.45) is 0. The standard InChI is InChI=1S/C13H12BrNO2/c14-9-12-7-4-8-13(16)15(12)17-10-11-5-2-1-3-6-11/h1-8H,9-10H2. The highest BCUT2D eigenvalue weighted by atomic mass is 79.9. The fraction of sp³-hybridized carbons (Fsp3) is 0.154. The summed E-state index contributed by atoms with van der Waals surface area (Å²) in [4.78, 5) is 17.2. The van der Waals surface area contributed by atoms with Crippen LogP contribution in [0.5, 0.6) is 0 Å². The first-order chi connectivity index (χ1) is 8.31. The molecule has 17 heavy (non-hydrogen) atoms. The molecule has 0 atom stereocenters. The Kier molecular flexibility index (Phi) is 3.98. The minimum atomic E-state index is -0.155. The van der Waals surface area contributed by atoms with Crippen molar-refractivity contribution in [3.05, 3.63) is 70.1 Å². The van der Waals surface area contributed by atoms with Crippen LogP contribution in [0.15, 0.2) is 53.3 Å². The van der Waals surface area contributed by atoms with Gasteiger partial charge in [0.1, 0.15) is 6.61 Å². The second kappa shape index (κ2) is 5.68. The van der Waals surface area contributed by atoms with E-state index in [-0.39, 0.29) is 5.56 Å². The average Bonchev–Trinajstić information content (AvgIpc) is 2.38. The number of rotatable bonds is 4. The Balaban J connectivity index is 2.17. The molecule has 1 aromatic heterocycles. The van der Waals surface area contributed by atoms with Crippen LogP contribution in [0.3, 0.4) is 0 Å². The van der Waals surface area contributed by atoms with Crippen molar-refractivity contribution in [1.29, 1.82) is 0 Å². The maximum atomic E-state index is 11.6. The predicted molar refractivity (Wildman–Crippen MR) is 70.1 cm³/mol. The van der Waals surface area contributed by atoms with Gasteiger partial charge in [-0.1, -0.05) is 52.3 Å². The summed E-state index contributed by atoms with van der Waals surface area (Å²) >= 11 is 3.33. The molecule has 0 radical (unpaired) electrons. The second-order valence-electron chi connectivity index (χ2n) is 3.54. The number of benzene rings is 1. The van der Waals surface area contributed by atoms with Gasteiger partial charge in [0, 0.05) is 11.4 Å². The van der Waals surface area contributed by atoms with Gasteiger partial charge in [0.2, 0.25) is 0 Å². The van der Waals surface area contributed by atoms with Crippen molar-refractivity contribution in [2.45, 2.75) is 11.9 Å². The zero-order valence-electron chi connectivity index (χ0n) is 9.17. The summed E-state index contributed by atoms with van der Waals surface area (Å²) < 4.78 is 1.32. The van der Waals surface area contributed by atoms with Gasteiger partial charge in [0.25, 0.3) is 5.56 Å². The van der Waals surface area contributed by atoms with Crippen LogP contribution in [-0.2, 0) is 11.9 Å². The number of hydrogen-bond donors (Lipinski definition) is 0. The lowest BCUT2D eigenvalue weighted by Gasteiger charge is -2.11. The molecule has 0 amide bonds. The van der Waals surface area contributed by atoms with Gasteiger partial charge in [-0.3, -0.25) is 4.79 Å². The zero-order chi connectivity index (χ0) is 12.1. The summed E-state index contributed by atoms with van der Waals surface area (Å²) in [7, 11) is 0. The summed E-state index contributed by atoms with van der Waals surface area (Å²) in [6, 6.07) is 14.8. The van der Waals surface area contributed by atoms with Crippen molar-refractivity contribution in [3.63, 3.8) is 0 Å². The van der Waals surface area contributed by atoms with Gasteiger partial charge < -0.3 is 4.84 Å². The molecule has 88 valence electrons. The lowest BCUT2D eigenvalue weighted by molar-refractivity contribution is 0.0843. The van der Waals surface area contributed by atoms with Crippen LogP contribution in [0.1, 0.15) is 11.3 Å². The highest BCUT2D eigenvalue weighted by Gasteiger charge is 2.03. The Labute approximate surface area is 108 Å². The molecule has 0 aliphatic carbocycles. The number of nitrogens with zero attached hydrogens (tertiary/aromatic N) is 1. The number of halogens is 1. The number of alkyl halides is 1. The van der Waals surface area contributed by atoms with Gasteiger partial charge in [-0.2, -0.15) is 0 Å². The first kappa shape index (κ1) is 11.9. The molecule has 0 saturated carbocycles. The molecule has 0 fully saturated rings. The maximum absolute atomic E-state index is 11.6. The van der Waals surface area contributed by atoms with E-state index in [4.69, 9.17) is 4.84 Å². The molecule has 3 nitrogen and oxygen atoms in total. The number of pyridine rings is 1. The summed E-state index contributed by atoms with van der Waals surface area (Å²) in [5.41, 5.74) is 1.68. The molecule has 2 rings (SSSR count). The molecule has 1 aromatic carbocycles. The molecular weight excluding hydrogens is 282 g/mol. The fourth-order valence-electron chi connectivity index (χ4n) is 1.48. The topological polar surface area (TPSA) is 31.2 Å². The minimum Gasteiger partial charge on any atom is -0.406 e. The third-order valence-electron chi connectivity index (χ3n) is 2.33. The quantitative estimate of drug-likeness (QED) is 0.811. The van der Waals surface area contributed by atoms with Crippen molar-refractivity contribution in [3.8, 4) is 0 Å². The van der Waals surface area contributed by atoms with Gasteiger partial charge in [0.15, 0.2) is 0 Å². The zero-order valence-corrected chi connectivity index (χ0v) is 10.8. The van der Waals surface area contributed by atoms with E-state index in [2.05, 4.69) is 15.9 Å². The smallest absolute Gasteiger partial charge is 0.283 e. The van der Waals surface area contributed by atoms with E-state index in [0.29, 0.717) is 11.9 Å². The van der Waals surface area contributed by atoms with Crippen LogP contribution in [-0.4, -0.2) is 4.73 Å². The van der Waals surface area contributed by atoms with Crippen LogP contribution in [0.4, 0.5) is 0 Å². The SMILES string of the molecule is O=c1cccc(CBr)n1OCc1ccccc1. The molecule has 0 aliphatic rings. The van der Waals surface area contributed by atoms with E-state index in [9.17, 15) is 4.79 Å². The Morgan fingerprint density at radius 2 is 1.82 bits per heavy atom. The van der Waals surface area contributed by atoms with Gasteiger partial charge in [-0.05, 0) is 11.6 Å². The summed E-state index contributed by atoms with van der Waals surface area (Å²) in [5, 5.41) is 0.581. The number of aromatic nitrogens is 1. The second-order valence-corrected chi connectivity index (χ2v) is 4.10. The summed E-state index contributed by atoms with van der Waals surface area (Å²) in [6.45, 7) is 0.380.